The largest absolute Gasteiger partial charge is 0.293 e. The molecule has 2 rings (SSSR count). The molecule has 0 amide bonds. The fraction of sp³-hybridized carbons (Fsp3) is 0.300. The number of rotatable bonds is 0. The van der Waals surface area contributed by atoms with Crippen LogP contribution >= 0.6 is 31.9 Å². The standard InChI is InChI=1S/C10H8Br2O/c11-8-3-1-2-7-6(8)4-5-9(12)10(7)13/h1-3,9H,4-5H2. The van der Waals surface area contributed by atoms with Gasteiger partial charge in [0.25, 0.3) is 0 Å². The Balaban J connectivity index is 2.55. The molecule has 1 aliphatic rings. The lowest BCUT2D eigenvalue weighted by Gasteiger charge is -2.19. The molecular weight excluding hydrogens is 296 g/mol. The average Bonchev–Trinajstić information content (AvgIpc) is 2.12. The second kappa shape index (κ2) is 3.54. The summed E-state index contributed by atoms with van der Waals surface area (Å²) in [7, 11) is 0. The predicted molar refractivity (Wildman–Crippen MR) is 59.5 cm³/mol. The normalized spacial score (nSPS) is 21.4. The van der Waals surface area contributed by atoms with Gasteiger partial charge in [0.05, 0.1) is 4.83 Å². The van der Waals surface area contributed by atoms with Crippen molar-refractivity contribution in [2.75, 3.05) is 0 Å². The second-order valence-electron chi connectivity index (χ2n) is 3.14. The Kier molecular flexibility index (Phi) is 2.56. The van der Waals surface area contributed by atoms with Gasteiger partial charge in [0.2, 0.25) is 0 Å². The van der Waals surface area contributed by atoms with Crippen LogP contribution in [0.3, 0.4) is 0 Å². The first-order valence-electron chi connectivity index (χ1n) is 4.16. The summed E-state index contributed by atoms with van der Waals surface area (Å²) < 4.78 is 1.05. The van der Waals surface area contributed by atoms with Crippen molar-refractivity contribution in [2.45, 2.75) is 17.7 Å². The summed E-state index contributed by atoms with van der Waals surface area (Å²) in [6.45, 7) is 0. The van der Waals surface area contributed by atoms with E-state index in [9.17, 15) is 4.79 Å². The van der Waals surface area contributed by atoms with Crippen LogP contribution in [0.1, 0.15) is 22.3 Å². The molecule has 3 heteroatoms. The van der Waals surface area contributed by atoms with E-state index in [0.717, 1.165) is 28.4 Å². The van der Waals surface area contributed by atoms with E-state index in [1.165, 1.54) is 0 Å². The lowest BCUT2D eigenvalue weighted by atomic mass is 9.91. The molecule has 0 fully saturated rings. The zero-order chi connectivity index (χ0) is 9.42. The third-order valence-electron chi connectivity index (χ3n) is 2.32. The van der Waals surface area contributed by atoms with Crippen molar-refractivity contribution in [2.24, 2.45) is 0 Å². The van der Waals surface area contributed by atoms with Crippen LogP contribution in [0.4, 0.5) is 0 Å². The van der Waals surface area contributed by atoms with Crippen LogP contribution in [0, 0.1) is 0 Å². The summed E-state index contributed by atoms with van der Waals surface area (Å²) in [4.78, 5) is 11.7. The summed E-state index contributed by atoms with van der Waals surface area (Å²) in [6, 6.07) is 5.79. The quantitative estimate of drug-likeness (QED) is 0.672. The van der Waals surface area contributed by atoms with E-state index in [1.54, 1.807) is 0 Å². The van der Waals surface area contributed by atoms with Crippen LogP contribution in [0.25, 0.3) is 0 Å². The molecule has 1 unspecified atom stereocenters. The molecule has 0 aromatic heterocycles. The molecule has 1 atom stereocenters. The Morgan fingerprint density at radius 2 is 2.15 bits per heavy atom. The van der Waals surface area contributed by atoms with Crippen LogP contribution in [0.2, 0.25) is 0 Å². The van der Waals surface area contributed by atoms with Gasteiger partial charge in [-0.2, -0.15) is 0 Å². The predicted octanol–water partition coefficient (Wildman–Crippen LogP) is 3.34. The maximum atomic E-state index is 11.7. The van der Waals surface area contributed by atoms with Crippen LogP contribution < -0.4 is 0 Å². The van der Waals surface area contributed by atoms with E-state index in [1.807, 2.05) is 18.2 Å². The van der Waals surface area contributed by atoms with Crippen molar-refractivity contribution in [1.82, 2.24) is 0 Å². The average molecular weight is 304 g/mol. The highest BCUT2D eigenvalue weighted by Gasteiger charge is 2.25. The number of Topliss-reactive ketones (excluding diaryl/α,β-unsaturated/α-hetero) is 1. The number of hydrogen-bond acceptors (Lipinski definition) is 1. The van der Waals surface area contributed by atoms with E-state index in [-0.39, 0.29) is 10.6 Å². The van der Waals surface area contributed by atoms with Gasteiger partial charge in [0.15, 0.2) is 5.78 Å². The lowest BCUT2D eigenvalue weighted by Crippen LogP contribution is -2.22. The first kappa shape index (κ1) is 9.41. The molecule has 0 N–H and O–H groups in total. The van der Waals surface area contributed by atoms with Gasteiger partial charge in [-0.05, 0) is 24.5 Å². The fourth-order valence-corrected chi connectivity index (χ4v) is 2.65. The minimum atomic E-state index is 0.00861. The summed E-state index contributed by atoms with van der Waals surface area (Å²) in [5, 5.41) is 0. The maximum absolute atomic E-state index is 11.7. The Labute approximate surface area is 93.8 Å². The molecule has 13 heavy (non-hydrogen) atoms. The van der Waals surface area contributed by atoms with Crippen molar-refractivity contribution < 1.29 is 4.79 Å². The van der Waals surface area contributed by atoms with Gasteiger partial charge in [-0.1, -0.05) is 44.0 Å². The molecule has 0 saturated carbocycles. The minimum absolute atomic E-state index is 0.00861. The Hall–Kier alpha value is -0.150. The molecule has 0 bridgehead atoms. The van der Waals surface area contributed by atoms with E-state index in [4.69, 9.17) is 0 Å². The molecule has 0 heterocycles. The Bertz CT molecular complexity index is 360. The van der Waals surface area contributed by atoms with Crippen molar-refractivity contribution in [1.29, 1.82) is 0 Å². The van der Waals surface area contributed by atoms with Gasteiger partial charge in [-0.3, -0.25) is 4.79 Å². The SMILES string of the molecule is O=C1c2cccc(Br)c2CCC1Br. The molecule has 1 aromatic rings. The maximum Gasteiger partial charge on any atom is 0.176 e. The molecule has 0 aliphatic heterocycles. The molecule has 1 aromatic carbocycles. The van der Waals surface area contributed by atoms with Crippen molar-refractivity contribution in [3.63, 3.8) is 0 Å². The highest BCUT2D eigenvalue weighted by molar-refractivity contribution is 9.10. The van der Waals surface area contributed by atoms with Crippen molar-refractivity contribution in [3.05, 3.63) is 33.8 Å². The van der Waals surface area contributed by atoms with Crippen LogP contribution in [-0.4, -0.2) is 10.6 Å². The first-order chi connectivity index (χ1) is 6.20. The fourth-order valence-electron chi connectivity index (χ4n) is 1.61. The molecule has 0 spiro atoms. The van der Waals surface area contributed by atoms with Crippen LogP contribution in [0.5, 0.6) is 0 Å². The van der Waals surface area contributed by atoms with Gasteiger partial charge < -0.3 is 0 Å². The number of carbonyl (C=O) groups excluding carboxylic acids is 1. The van der Waals surface area contributed by atoms with Crippen molar-refractivity contribution in [3.8, 4) is 0 Å². The number of halogens is 2. The number of fused-ring (bicyclic) bond motifs is 1. The lowest BCUT2D eigenvalue weighted by molar-refractivity contribution is 0.0981. The zero-order valence-corrected chi connectivity index (χ0v) is 10.1. The van der Waals surface area contributed by atoms with E-state index >= 15 is 0 Å². The third-order valence-corrected chi connectivity index (χ3v) is 3.93. The summed E-state index contributed by atoms with van der Waals surface area (Å²) >= 11 is 6.85. The summed E-state index contributed by atoms with van der Waals surface area (Å²) in [6.07, 6.45) is 1.87. The van der Waals surface area contributed by atoms with Gasteiger partial charge in [-0.15, -0.1) is 0 Å². The Morgan fingerprint density at radius 3 is 2.92 bits per heavy atom. The topological polar surface area (TPSA) is 17.1 Å². The highest BCUT2D eigenvalue weighted by Crippen LogP contribution is 2.30. The number of hydrogen-bond donors (Lipinski definition) is 0. The number of alkyl halides is 1. The third kappa shape index (κ3) is 1.59. The smallest absolute Gasteiger partial charge is 0.176 e. The number of ketones is 1. The number of benzene rings is 1. The van der Waals surface area contributed by atoms with Crippen LogP contribution in [0.15, 0.2) is 22.7 Å². The van der Waals surface area contributed by atoms with Gasteiger partial charge in [0, 0.05) is 10.0 Å². The number of carbonyl (C=O) groups is 1. The van der Waals surface area contributed by atoms with Gasteiger partial charge >= 0.3 is 0 Å². The van der Waals surface area contributed by atoms with E-state index < -0.39 is 0 Å². The molecule has 1 aliphatic carbocycles. The molecule has 0 saturated heterocycles. The van der Waals surface area contributed by atoms with E-state index in [2.05, 4.69) is 31.9 Å². The van der Waals surface area contributed by atoms with Gasteiger partial charge in [0.1, 0.15) is 0 Å². The first-order valence-corrected chi connectivity index (χ1v) is 5.86. The summed E-state index contributed by atoms with van der Waals surface area (Å²) in [5.74, 6) is 0.211. The highest BCUT2D eigenvalue weighted by atomic mass is 79.9. The minimum Gasteiger partial charge on any atom is -0.293 e. The molecular formula is C10H8Br2O. The summed E-state index contributed by atoms with van der Waals surface area (Å²) in [5.41, 5.74) is 2.02. The second-order valence-corrected chi connectivity index (χ2v) is 5.10. The monoisotopic (exact) mass is 302 g/mol. The zero-order valence-electron chi connectivity index (χ0n) is 6.89. The van der Waals surface area contributed by atoms with Gasteiger partial charge in [-0.25, -0.2) is 0 Å². The van der Waals surface area contributed by atoms with E-state index in [0.29, 0.717) is 0 Å². The van der Waals surface area contributed by atoms with Crippen LogP contribution in [-0.2, 0) is 6.42 Å². The Morgan fingerprint density at radius 1 is 1.38 bits per heavy atom. The van der Waals surface area contributed by atoms with Crippen molar-refractivity contribution >= 4 is 37.6 Å². The molecule has 68 valence electrons. The molecule has 0 radical (unpaired) electrons. The molecule has 1 nitrogen and oxygen atoms in total.